The van der Waals surface area contributed by atoms with E-state index in [1.165, 1.54) is 24.4 Å². The molecular formula is C19H16ClF3N2O3. The molecule has 0 aliphatic heterocycles. The first-order valence-corrected chi connectivity index (χ1v) is 8.89. The Morgan fingerprint density at radius 1 is 1.21 bits per heavy atom. The second-order valence-corrected chi connectivity index (χ2v) is 6.86. The Hall–Kier alpha value is -2.61. The predicted molar refractivity (Wildman–Crippen MR) is 95.0 cm³/mol. The van der Waals surface area contributed by atoms with Gasteiger partial charge in [-0.25, -0.2) is 0 Å². The Bertz CT molecular complexity index is 898. The van der Waals surface area contributed by atoms with E-state index >= 15 is 0 Å². The normalized spacial score (nSPS) is 13.9. The van der Waals surface area contributed by atoms with E-state index in [1.807, 2.05) is 0 Å². The molecule has 1 aromatic heterocycles. The molecule has 1 heterocycles. The molecule has 148 valence electrons. The molecule has 1 N–H and O–H groups in total. The first-order valence-electron chi connectivity index (χ1n) is 8.51. The largest absolute Gasteiger partial charge is 0.573 e. The molecule has 0 bridgehead atoms. The van der Waals surface area contributed by atoms with E-state index in [9.17, 15) is 22.8 Å². The fourth-order valence-electron chi connectivity index (χ4n) is 2.59. The predicted octanol–water partition coefficient (Wildman–Crippen LogP) is 4.09. The van der Waals surface area contributed by atoms with Crippen LogP contribution in [0.4, 0.5) is 13.2 Å². The quantitative estimate of drug-likeness (QED) is 0.744. The summed E-state index contributed by atoms with van der Waals surface area (Å²) in [6.45, 7) is 0.0590. The molecule has 5 nitrogen and oxygen atoms in total. The van der Waals surface area contributed by atoms with Gasteiger partial charge in [0.2, 0.25) is 0 Å². The highest BCUT2D eigenvalue weighted by atomic mass is 35.5. The summed E-state index contributed by atoms with van der Waals surface area (Å²) in [6, 6.07) is 6.83. The maximum absolute atomic E-state index is 12.3. The molecule has 28 heavy (non-hydrogen) atoms. The Morgan fingerprint density at radius 3 is 2.61 bits per heavy atom. The Kier molecular flexibility index (Phi) is 5.88. The van der Waals surface area contributed by atoms with Gasteiger partial charge in [0.05, 0.1) is 5.02 Å². The number of pyridine rings is 1. The molecule has 0 atom stereocenters. The molecule has 2 aromatic rings. The number of benzene rings is 1. The third kappa shape index (κ3) is 5.69. The first kappa shape index (κ1) is 20.1. The van der Waals surface area contributed by atoms with Gasteiger partial charge in [0.1, 0.15) is 11.5 Å². The lowest BCUT2D eigenvalue weighted by molar-refractivity contribution is -0.274. The number of ether oxygens (including phenoxy) is 1. The minimum atomic E-state index is -4.83. The Morgan fingerprint density at radius 2 is 1.96 bits per heavy atom. The van der Waals surface area contributed by atoms with Gasteiger partial charge in [-0.3, -0.25) is 14.6 Å². The number of carbonyl (C=O) groups is 2. The van der Waals surface area contributed by atoms with Gasteiger partial charge in [-0.2, -0.15) is 0 Å². The fourth-order valence-corrected chi connectivity index (χ4v) is 2.83. The molecule has 0 radical (unpaired) electrons. The maximum atomic E-state index is 12.3. The third-order valence-electron chi connectivity index (χ3n) is 4.14. The summed E-state index contributed by atoms with van der Waals surface area (Å²) in [4.78, 5) is 28.3. The number of Topliss-reactive ketones (excluding diaryl/α,β-unsaturated/α-hetero) is 1. The molecule has 1 amide bonds. The minimum Gasteiger partial charge on any atom is -0.404 e. The number of hydrogen-bond donors (Lipinski definition) is 1. The summed E-state index contributed by atoms with van der Waals surface area (Å²) in [5.41, 5.74) is 1.38. The number of alkyl halides is 3. The Balaban J connectivity index is 1.59. The van der Waals surface area contributed by atoms with Crippen molar-refractivity contribution in [3.8, 4) is 5.75 Å². The van der Waals surface area contributed by atoms with Crippen LogP contribution in [0, 0.1) is 5.92 Å². The van der Waals surface area contributed by atoms with Crippen molar-refractivity contribution in [1.82, 2.24) is 10.3 Å². The average molecular weight is 413 g/mol. The lowest BCUT2D eigenvalue weighted by Crippen LogP contribution is -2.23. The lowest BCUT2D eigenvalue weighted by atomic mass is 10.1. The lowest BCUT2D eigenvalue weighted by Gasteiger charge is -2.12. The highest BCUT2D eigenvalue weighted by Gasteiger charge is 2.32. The van der Waals surface area contributed by atoms with Crippen LogP contribution in [0.5, 0.6) is 5.75 Å². The molecular weight excluding hydrogens is 397 g/mol. The summed E-state index contributed by atoms with van der Waals surface area (Å²) in [6.07, 6.45) is -1.35. The molecule has 1 saturated carbocycles. The van der Waals surface area contributed by atoms with E-state index in [2.05, 4.69) is 15.0 Å². The van der Waals surface area contributed by atoms with Gasteiger partial charge < -0.3 is 10.1 Å². The summed E-state index contributed by atoms with van der Waals surface area (Å²) in [7, 11) is 0. The SMILES string of the molecule is O=C(NCc1ccc(OC(F)(F)F)c(Cl)c1)c1ccnc(CC(=O)C2CC2)c1. The summed E-state index contributed by atoms with van der Waals surface area (Å²) in [5, 5.41) is 2.44. The highest BCUT2D eigenvalue weighted by Crippen LogP contribution is 2.31. The zero-order valence-corrected chi connectivity index (χ0v) is 15.3. The molecule has 1 aliphatic carbocycles. The smallest absolute Gasteiger partial charge is 0.404 e. The number of nitrogens with zero attached hydrogens (tertiary/aromatic N) is 1. The van der Waals surface area contributed by atoms with E-state index in [0.717, 1.165) is 18.9 Å². The van der Waals surface area contributed by atoms with Gasteiger partial charge in [0.15, 0.2) is 0 Å². The molecule has 1 aromatic carbocycles. The zero-order chi connectivity index (χ0) is 20.3. The van der Waals surface area contributed by atoms with Gasteiger partial charge in [-0.05, 0) is 42.7 Å². The summed E-state index contributed by atoms with van der Waals surface area (Å²) < 4.78 is 40.6. The maximum Gasteiger partial charge on any atom is 0.573 e. The first-order chi connectivity index (χ1) is 13.2. The Labute approximate surface area is 163 Å². The molecule has 0 spiro atoms. The fraction of sp³-hybridized carbons (Fsp3) is 0.316. The van der Waals surface area contributed by atoms with Crippen molar-refractivity contribution >= 4 is 23.3 Å². The van der Waals surface area contributed by atoms with Crippen LogP contribution in [-0.2, 0) is 17.8 Å². The van der Waals surface area contributed by atoms with Crippen LogP contribution in [0.3, 0.4) is 0 Å². The van der Waals surface area contributed by atoms with E-state index in [-0.39, 0.29) is 29.7 Å². The molecule has 0 saturated heterocycles. The number of ketones is 1. The monoisotopic (exact) mass is 412 g/mol. The van der Waals surface area contributed by atoms with Crippen LogP contribution in [0.1, 0.15) is 34.5 Å². The summed E-state index contributed by atoms with van der Waals surface area (Å²) in [5.74, 6) is -0.660. The van der Waals surface area contributed by atoms with Crippen LogP contribution >= 0.6 is 11.6 Å². The van der Waals surface area contributed by atoms with Crippen molar-refractivity contribution < 1.29 is 27.5 Å². The number of rotatable bonds is 7. The molecule has 3 rings (SSSR count). The summed E-state index contributed by atoms with van der Waals surface area (Å²) >= 11 is 5.79. The van der Waals surface area contributed by atoms with E-state index in [1.54, 1.807) is 6.07 Å². The average Bonchev–Trinajstić information content (AvgIpc) is 3.46. The number of amides is 1. The second kappa shape index (κ2) is 8.18. The molecule has 1 aliphatic rings. The number of halogens is 4. The van der Waals surface area contributed by atoms with E-state index in [4.69, 9.17) is 11.6 Å². The van der Waals surface area contributed by atoms with Crippen LogP contribution < -0.4 is 10.1 Å². The van der Waals surface area contributed by atoms with Crippen LogP contribution in [0.25, 0.3) is 0 Å². The zero-order valence-electron chi connectivity index (χ0n) is 14.6. The van der Waals surface area contributed by atoms with Gasteiger partial charge >= 0.3 is 6.36 Å². The van der Waals surface area contributed by atoms with Crippen LogP contribution in [-0.4, -0.2) is 23.0 Å². The van der Waals surface area contributed by atoms with Gasteiger partial charge in [0.25, 0.3) is 5.91 Å². The topological polar surface area (TPSA) is 68.3 Å². The van der Waals surface area contributed by atoms with Crippen molar-refractivity contribution in [2.75, 3.05) is 0 Å². The highest BCUT2D eigenvalue weighted by molar-refractivity contribution is 6.32. The van der Waals surface area contributed by atoms with Crippen molar-refractivity contribution in [2.24, 2.45) is 5.92 Å². The standard InChI is InChI=1S/C19H16ClF3N2O3/c20-15-7-11(1-4-17(15)28-19(21,22)23)10-25-18(27)13-5-6-24-14(8-13)9-16(26)12-2-3-12/h1,4-8,12H,2-3,9-10H2,(H,25,27). The third-order valence-corrected chi connectivity index (χ3v) is 4.44. The van der Waals surface area contributed by atoms with E-state index < -0.39 is 18.0 Å². The molecule has 0 unspecified atom stereocenters. The van der Waals surface area contributed by atoms with E-state index in [0.29, 0.717) is 16.8 Å². The molecule has 1 fully saturated rings. The minimum absolute atomic E-state index is 0.0590. The second-order valence-electron chi connectivity index (χ2n) is 6.45. The van der Waals surface area contributed by atoms with Crippen molar-refractivity contribution in [3.63, 3.8) is 0 Å². The van der Waals surface area contributed by atoms with Crippen LogP contribution in [0.2, 0.25) is 5.02 Å². The number of aromatic nitrogens is 1. The van der Waals surface area contributed by atoms with Crippen molar-refractivity contribution in [2.45, 2.75) is 32.2 Å². The van der Waals surface area contributed by atoms with Crippen molar-refractivity contribution in [3.05, 3.63) is 58.4 Å². The van der Waals surface area contributed by atoms with Crippen LogP contribution in [0.15, 0.2) is 36.5 Å². The number of hydrogen-bond acceptors (Lipinski definition) is 4. The van der Waals surface area contributed by atoms with Crippen molar-refractivity contribution in [1.29, 1.82) is 0 Å². The van der Waals surface area contributed by atoms with Gasteiger partial charge in [-0.15, -0.1) is 13.2 Å². The number of carbonyl (C=O) groups excluding carboxylic acids is 2. The molecule has 9 heteroatoms. The van der Waals surface area contributed by atoms with Gasteiger partial charge in [0, 0.05) is 36.3 Å². The van der Waals surface area contributed by atoms with Gasteiger partial charge in [-0.1, -0.05) is 17.7 Å². The number of nitrogens with one attached hydrogen (secondary N) is 1.